The molecule has 0 spiro atoms. The van der Waals surface area contributed by atoms with Crippen LogP contribution in [0.5, 0.6) is 0 Å². The zero-order chi connectivity index (χ0) is 15.8. The Labute approximate surface area is 140 Å². The highest BCUT2D eigenvalue weighted by atomic mass is 79.9. The van der Waals surface area contributed by atoms with Crippen LogP contribution in [0.2, 0.25) is 0 Å². The molecule has 0 aliphatic heterocycles. The van der Waals surface area contributed by atoms with Gasteiger partial charge in [0, 0.05) is 4.47 Å². The van der Waals surface area contributed by atoms with E-state index in [1.54, 1.807) is 13.1 Å². The number of ether oxygens (including phenoxy) is 1. The van der Waals surface area contributed by atoms with E-state index in [2.05, 4.69) is 41.6 Å². The Morgan fingerprint density at radius 2 is 2.45 bits per heavy atom. The minimum absolute atomic E-state index is 0.173. The Balaban J connectivity index is 1.83. The van der Waals surface area contributed by atoms with E-state index in [1.165, 1.54) is 11.8 Å². The van der Waals surface area contributed by atoms with Gasteiger partial charge in [-0.3, -0.25) is 4.79 Å². The van der Waals surface area contributed by atoms with Crippen LogP contribution in [0.1, 0.15) is 12.5 Å². The molecule has 0 saturated carbocycles. The normalized spacial score (nSPS) is 10.8. The van der Waals surface area contributed by atoms with Crippen LogP contribution < -0.4 is 5.43 Å². The molecule has 0 saturated heterocycles. The number of hydrogen-bond acceptors (Lipinski definition) is 7. The molecule has 22 heavy (non-hydrogen) atoms. The average molecular weight is 384 g/mol. The summed E-state index contributed by atoms with van der Waals surface area (Å²) in [5, 5.41) is 11.2. The molecule has 0 aliphatic carbocycles. The van der Waals surface area contributed by atoms with Crippen molar-refractivity contribution >= 4 is 45.8 Å². The van der Waals surface area contributed by atoms with Crippen molar-refractivity contribution in [2.45, 2.75) is 12.1 Å². The van der Waals surface area contributed by atoms with E-state index in [4.69, 9.17) is 4.74 Å². The van der Waals surface area contributed by atoms with E-state index >= 15 is 0 Å². The number of nitrogens with one attached hydrogen (secondary N) is 2. The third-order valence-electron chi connectivity index (χ3n) is 2.32. The maximum Gasteiger partial charge on any atom is 0.316 e. The van der Waals surface area contributed by atoms with Crippen molar-refractivity contribution in [2.24, 2.45) is 5.10 Å². The number of H-pyrrole nitrogens is 1. The molecule has 0 aliphatic rings. The van der Waals surface area contributed by atoms with Gasteiger partial charge in [-0.05, 0) is 24.6 Å². The number of anilines is 1. The predicted molar refractivity (Wildman–Crippen MR) is 89.1 cm³/mol. The molecule has 0 radical (unpaired) electrons. The molecule has 0 unspecified atom stereocenters. The number of rotatable bonds is 7. The Hall–Kier alpha value is -1.87. The second kappa shape index (κ2) is 8.54. The lowest BCUT2D eigenvalue weighted by molar-refractivity contribution is -0.139. The number of thioether (sulfide) groups is 1. The number of halogens is 1. The summed E-state index contributed by atoms with van der Waals surface area (Å²) in [7, 11) is 0. The average Bonchev–Trinajstić information content (AvgIpc) is 2.94. The van der Waals surface area contributed by atoms with Crippen molar-refractivity contribution in [1.82, 2.24) is 15.2 Å². The summed E-state index contributed by atoms with van der Waals surface area (Å²) in [5.41, 5.74) is 3.68. The largest absolute Gasteiger partial charge is 0.465 e. The van der Waals surface area contributed by atoms with Crippen LogP contribution in [-0.4, -0.2) is 39.7 Å². The molecule has 0 amide bonds. The van der Waals surface area contributed by atoms with Gasteiger partial charge >= 0.3 is 5.97 Å². The van der Waals surface area contributed by atoms with Crippen molar-refractivity contribution in [1.29, 1.82) is 0 Å². The first-order valence-corrected chi connectivity index (χ1v) is 8.20. The molecular weight excluding hydrogens is 370 g/mol. The highest BCUT2D eigenvalue weighted by Gasteiger charge is 2.07. The zero-order valence-corrected chi connectivity index (χ0v) is 14.1. The van der Waals surface area contributed by atoms with Crippen molar-refractivity contribution in [3.8, 4) is 0 Å². The van der Waals surface area contributed by atoms with Crippen molar-refractivity contribution in [2.75, 3.05) is 17.8 Å². The fourth-order valence-corrected chi connectivity index (χ4v) is 2.46. The smallest absolute Gasteiger partial charge is 0.316 e. The van der Waals surface area contributed by atoms with Crippen LogP contribution in [-0.2, 0) is 9.53 Å². The summed E-state index contributed by atoms with van der Waals surface area (Å²) < 4.78 is 5.81. The van der Waals surface area contributed by atoms with Gasteiger partial charge in [0.25, 0.3) is 0 Å². The van der Waals surface area contributed by atoms with Crippen molar-refractivity contribution < 1.29 is 9.53 Å². The molecule has 2 N–H and O–H groups in total. The van der Waals surface area contributed by atoms with E-state index in [9.17, 15) is 4.79 Å². The molecule has 1 aromatic heterocycles. The lowest BCUT2D eigenvalue weighted by atomic mass is 10.2. The number of carbonyl (C=O) groups is 1. The number of carbonyl (C=O) groups excluding carboxylic acids is 1. The molecular formula is C13H14BrN5O2S. The monoisotopic (exact) mass is 383 g/mol. The van der Waals surface area contributed by atoms with Crippen LogP contribution in [0.4, 0.5) is 5.95 Å². The standard InChI is InChI=1S/C13H14BrN5O2S/c1-2-21-11(20)8-22-13-16-12(18-19-13)17-15-7-9-4-3-5-10(14)6-9/h3-7H,2,8H2,1H3,(H2,16,17,18,19)/b15-7+. The highest BCUT2D eigenvalue weighted by molar-refractivity contribution is 9.10. The molecule has 116 valence electrons. The topological polar surface area (TPSA) is 92.3 Å². The first-order valence-electron chi connectivity index (χ1n) is 6.43. The van der Waals surface area contributed by atoms with E-state index in [1.807, 2.05) is 24.3 Å². The third-order valence-corrected chi connectivity index (χ3v) is 3.64. The SMILES string of the molecule is CCOC(=O)CSc1n[nH]c(N/N=C/c2cccc(Br)c2)n1. The van der Waals surface area contributed by atoms with Crippen LogP contribution in [0.3, 0.4) is 0 Å². The number of hydrazone groups is 1. The minimum atomic E-state index is -0.292. The predicted octanol–water partition coefficient (Wildman–Crippen LogP) is 2.67. The number of nitrogens with zero attached hydrogens (tertiary/aromatic N) is 3. The lowest BCUT2D eigenvalue weighted by Gasteiger charge is -1.98. The summed E-state index contributed by atoms with van der Waals surface area (Å²) in [4.78, 5) is 15.4. The third kappa shape index (κ3) is 5.49. The Bertz CT molecular complexity index is 661. The summed E-state index contributed by atoms with van der Waals surface area (Å²) in [5.74, 6) is 0.281. The maximum atomic E-state index is 11.2. The number of hydrogen-bond donors (Lipinski definition) is 2. The molecule has 9 heteroatoms. The van der Waals surface area contributed by atoms with E-state index in [-0.39, 0.29) is 11.7 Å². The van der Waals surface area contributed by atoms with Crippen molar-refractivity contribution in [3.05, 3.63) is 34.3 Å². The van der Waals surface area contributed by atoms with E-state index in [0.29, 0.717) is 17.7 Å². The fraction of sp³-hybridized carbons (Fsp3) is 0.231. The van der Waals surface area contributed by atoms with E-state index in [0.717, 1.165) is 10.0 Å². The molecule has 0 fully saturated rings. The van der Waals surface area contributed by atoms with Crippen molar-refractivity contribution in [3.63, 3.8) is 0 Å². The molecule has 0 atom stereocenters. The first-order chi connectivity index (χ1) is 10.7. The fourth-order valence-electron chi connectivity index (χ4n) is 1.44. The van der Waals surface area contributed by atoms with Gasteiger partial charge in [-0.2, -0.15) is 10.1 Å². The van der Waals surface area contributed by atoms with Gasteiger partial charge in [-0.25, -0.2) is 10.5 Å². The zero-order valence-electron chi connectivity index (χ0n) is 11.7. The molecule has 2 aromatic rings. The second-order valence-corrected chi connectivity index (χ2v) is 5.84. The van der Waals surface area contributed by atoms with Crippen LogP contribution in [0.15, 0.2) is 39.0 Å². The molecule has 7 nitrogen and oxygen atoms in total. The molecule has 1 heterocycles. The number of benzene rings is 1. The van der Waals surface area contributed by atoms with Crippen LogP contribution in [0.25, 0.3) is 0 Å². The lowest BCUT2D eigenvalue weighted by Crippen LogP contribution is -2.06. The Morgan fingerprint density at radius 3 is 3.23 bits per heavy atom. The quantitative estimate of drug-likeness (QED) is 0.330. The summed E-state index contributed by atoms with van der Waals surface area (Å²) >= 11 is 4.59. The first kappa shape index (κ1) is 16.5. The van der Waals surface area contributed by atoms with Gasteiger partial charge in [0.2, 0.25) is 11.1 Å². The van der Waals surface area contributed by atoms with Gasteiger partial charge < -0.3 is 4.74 Å². The van der Waals surface area contributed by atoms with Crippen LogP contribution >= 0.6 is 27.7 Å². The second-order valence-electron chi connectivity index (χ2n) is 3.99. The number of aromatic amines is 1. The molecule has 0 bridgehead atoms. The van der Waals surface area contributed by atoms with Gasteiger partial charge in [-0.15, -0.1) is 5.10 Å². The van der Waals surface area contributed by atoms with Crippen LogP contribution in [0, 0.1) is 0 Å². The highest BCUT2D eigenvalue weighted by Crippen LogP contribution is 2.14. The van der Waals surface area contributed by atoms with Gasteiger partial charge in [0.15, 0.2) is 0 Å². The minimum Gasteiger partial charge on any atom is -0.465 e. The maximum absolute atomic E-state index is 11.2. The summed E-state index contributed by atoms with van der Waals surface area (Å²) in [6.07, 6.45) is 1.67. The van der Waals surface area contributed by atoms with Gasteiger partial charge in [-0.1, -0.05) is 39.8 Å². The Morgan fingerprint density at radius 1 is 1.59 bits per heavy atom. The Kier molecular flexibility index (Phi) is 6.41. The number of esters is 1. The molecule has 1 aromatic carbocycles. The van der Waals surface area contributed by atoms with Gasteiger partial charge in [0.05, 0.1) is 18.6 Å². The summed E-state index contributed by atoms with van der Waals surface area (Å²) in [6.45, 7) is 2.13. The summed E-state index contributed by atoms with van der Waals surface area (Å²) in [6, 6.07) is 7.72. The van der Waals surface area contributed by atoms with Gasteiger partial charge in [0.1, 0.15) is 0 Å². The molecule has 2 rings (SSSR count). The van der Waals surface area contributed by atoms with E-state index < -0.39 is 0 Å². The number of aromatic nitrogens is 3.